The van der Waals surface area contributed by atoms with E-state index in [0.29, 0.717) is 11.6 Å². The lowest BCUT2D eigenvalue weighted by molar-refractivity contribution is 0.273. The highest BCUT2D eigenvalue weighted by atomic mass is 35.5. The number of ether oxygens (including phenoxy) is 1. The Morgan fingerprint density at radius 1 is 1.09 bits per heavy atom. The van der Waals surface area contributed by atoms with Crippen molar-refractivity contribution in [2.75, 3.05) is 6.61 Å². The van der Waals surface area contributed by atoms with Crippen LogP contribution in [0.3, 0.4) is 0 Å². The van der Waals surface area contributed by atoms with E-state index in [2.05, 4.69) is 12.2 Å². The van der Waals surface area contributed by atoms with Crippen molar-refractivity contribution < 1.29 is 4.74 Å². The predicted molar refractivity (Wildman–Crippen MR) is 100 cm³/mol. The average molecular weight is 366 g/mol. The minimum absolute atomic E-state index is 0.207. The number of halogens is 2. The summed E-state index contributed by atoms with van der Waals surface area (Å²) in [5, 5.41) is 6.22. The molecule has 2 nitrogen and oxygen atoms in total. The molecule has 1 atom stereocenters. The zero-order chi connectivity index (χ0) is 16.2. The minimum atomic E-state index is 0.207. The molecule has 0 aliphatic carbocycles. The molecule has 0 spiro atoms. The Morgan fingerprint density at radius 3 is 2.70 bits per heavy atom. The second-order valence-corrected chi connectivity index (χ2v) is 7.58. The lowest BCUT2D eigenvalue weighted by atomic mass is 10.1. The van der Waals surface area contributed by atoms with Crippen molar-refractivity contribution in [3.63, 3.8) is 0 Å². The number of rotatable bonds is 6. The molecule has 1 aromatic heterocycles. The van der Waals surface area contributed by atoms with Crippen molar-refractivity contribution in [2.45, 2.75) is 19.5 Å². The largest absolute Gasteiger partial charge is 0.490 e. The molecule has 0 saturated heterocycles. The van der Waals surface area contributed by atoms with Gasteiger partial charge in [-0.15, -0.1) is 11.3 Å². The lowest BCUT2D eigenvalue weighted by Crippen LogP contribution is -2.31. The molecule has 1 unspecified atom stereocenters. The predicted octanol–water partition coefficient (Wildman–Crippen LogP) is 5.77. The Kier molecular flexibility index (Phi) is 5.44. The number of nitrogens with one attached hydrogen (secondary N) is 1. The van der Waals surface area contributed by atoms with E-state index in [1.165, 1.54) is 4.88 Å². The number of benzene rings is 2. The van der Waals surface area contributed by atoms with Crippen LogP contribution in [0.25, 0.3) is 10.8 Å². The fraction of sp³-hybridized carbons (Fsp3) is 0.222. The maximum atomic E-state index is 6.44. The fourth-order valence-electron chi connectivity index (χ4n) is 2.32. The summed E-state index contributed by atoms with van der Waals surface area (Å²) < 4.78 is 6.70. The van der Waals surface area contributed by atoms with Gasteiger partial charge in [0.1, 0.15) is 12.4 Å². The van der Waals surface area contributed by atoms with E-state index >= 15 is 0 Å². The normalized spacial score (nSPS) is 12.5. The first-order chi connectivity index (χ1) is 11.1. The molecule has 0 saturated carbocycles. The zero-order valence-electron chi connectivity index (χ0n) is 12.7. The molecule has 0 aliphatic rings. The Bertz CT molecular complexity index is 803. The third kappa shape index (κ3) is 4.18. The summed E-state index contributed by atoms with van der Waals surface area (Å²) in [6.45, 7) is 3.43. The van der Waals surface area contributed by atoms with Crippen LogP contribution in [0.15, 0.2) is 48.5 Å². The van der Waals surface area contributed by atoms with Crippen LogP contribution < -0.4 is 10.1 Å². The molecular formula is C18H17Cl2NOS. The molecule has 23 heavy (non-hydrogen) atoms. The molecular weight excluding hydrogens is 349 g/mol. The van der Waals surface area contributed by atoms with Gasteiger partial charge >= 0.3 is 0 Å². The molecule has 1 N–H and O–H groups in total. The topological polar surface area (TPSA) is 21.3 Å². The van der Waals surface area contributed by atoms with Gasteiger partial charge in [-0.3, -0.25) is 0 Å². The molecule has 5 heteroatoms. The second kappa shape index (κ2) is 7.54. The van der Waals surface area contributed by atoms with Crippen molar-refractivity contribution >= 4 is 45.3 Å². The third-order valence-electron chi connectivity index (χ3n) is 3.57. The maximum Gasteiger partial charge on any atom is 0.138 e. The quantitative estimate of drug-likeness (QED) is 0.598. The zero-order valence-corrected chi connectivity index (χ0v) is 15.0. The van der Waals surface area contributed by atoms with Gasteiger partial charge in [0.2, 0.25) is 0 Å². The lowest BCUT2D eigenvalue weighted by Gasteiger charge is -2.16. The van der Waals surface area contributed by atoms with Crippen molar-refractivity contribution in [1.82, 2.24) is 5.32 Å². The van der Waals surface area contributed by atoms with E-state index in [4.69, 9.17) is 27.9 Å². The Balaban J connectivity index is 1.58. The highest BCUT2D eigenvalue weighted by molar-refractivity contribution is 7.16. The molecule has 0 aliphatic heterocycles. The first-order valence-corrected chi connectivity index (χ1v) is 8.98. The van der Waals surface area contributed by atoms with Crippen LogP contribution in [0.4, 0.5) is 0 Å². The molecule has 2 aromatic carbocycles. The molecule has 0 fully saturated rings. The van der Waals surface area contributed by atoms with Crippen LogP contribution >= 0.6 is 34.5 Å². The van der Waals surface area contributed by atoms with Crippen LogP contribution in [-0.4, -0.2) is 12.6 Å². The fourth-order valence-corrected chi connectivity index (χ4v) is 3.65. The number of hydrogen-bond acceptors (Lipinski definition) is 3. The van der Waals surface area contributed by atoms with Gasteiger partial charge in [-0.25, -0.2) is 0 Å². The summed E-state index contributed by atoms with van der Waals surface area (Å²) in [6.07, 6.45) is 0. The van der Waals surface area contributed by atoms with Gasteiger partial charge in [-0.05, 0) is 30.5 Å². The number of fused-ring (bicyclic) bond motifs is 1. The summed E-state index contributed by atoms with van der Waals surface area (Å²) in [4.78, 5) is 1.21. The number of thiophene rings is 1. The smallest absolute Gasteiger partial charge is 0.138 e. The summed E-state index contributed by atoms with van der Waals surface area (Å²) in [5.74, 6) is 0.721. The van der Waals surface area contributed by atoms with Crippen LogP contribution in [0, 0.1) is 0 Å². The Hall–Kier alpha value is -1.26. The number of hydrogen-bond donors (Lipinski definition) is 1. The van der Waals surface area contributed by atoms with Gasteiger partial charge in [0.15, 0.2) is 0 Å². The Labute approximate surface area is 150 Å². The Morgan fingerprint density at radius 2 is 1.91 bits per heavy atom. The van der Waals surface area contributed by atoms with Gasteiger partial charge in [-0.2, -0.15) is 0 Å². The minimum Gasteiger partial charge on any atom is -0.490 e. The molecule has 120 valence electrons. The highest BCUT2D eigenvalue weighted by Gasteiger charge is 2.09. The van der Waals surface area contributed by atoms with Crippen molar-refractivity contribution in [3.05, 3.63) is 62.8 Å². The van der Waals surface area contributed by atoms with E-state index in [-0.39, 0.29) is 6.04 Å². The van der Waals surface area contributed by atoms with E-state index in [1.54, 1.807) is 11.3 Å². The molecule has 0 bridgehead atoms. The SMILES string of the molecule is CC(COc1ccc2ccccc2c1Cl)NCc1ccc(Cl)s1. The average Bonchev–Trinajstić information content (AvgIpc) is 2.98. The van der Waals surface area contributed by atoms with E-state index in [1.807, 2.05) is 48.5 Å². The van der Waals surface area contributed by atoms with Gasteiger partial charge < -0.3 is 10.1 Å². The summed E-state index contributed by atoms with van der Waals surface area (Å²) in [6, 6.07) is 16.1. The van der Waals surface area contributed by atoms with Crippen molar-refractivity contribution in [1.29, 1.82) is 0 Å². The first-order valence-electron chi connectivity index (χ1n) is 7.41. The highest BCUT2D eigenvalue weighted by Crippen LogP contribution is 2.32. The second-order valence-electron chi connectivity index (χ2n) is 5.40. The van der Waals surface area contributed by atoms with Gasteiger partial charge in [0.25, 0.3) is 0 Å². The molecule has 1 heterocycles. The van der Waals surface area contributed by atoms with Gasteiger partial charge in [0.05, 0.1) is 9.36 Å². The standard InChI is InChI=1S/C18H17Cl2NOS/c1-12(21-10-14-7-9-17(19)23-14)11-22-16-8-6-13-4-2-3-5-15(13)18(16)20/h2-9,12,21H,10-11H2,1H3. The van der Waals surface area contributed by atoms with E-state index in [0.717, 1.165) is 27.4 Å². The molecule has 0 amide bonds. The maximum absolute atomic E-state index is 6.44. The van der Waals surface area contributed by atoms with Crippen molar-refractivity contribution in [2.24, 2.45) is 0 Å². The van der Waals surface area contributed by atoms with Gasteiger partial charge in [-0.1, -0.05) is 53.5 Å². The first kappa shape index (κ1) is 16.6. The van der Waals surface area contributed by atoms with E-state index < -0.39 is 0 Å². The van der Waals surface area contributed by atoms with Crippen LogP contribution in [0.1, 0.15) is 11.8 Å². The van der Waals surface area contributed by atoms with Crippen LogP contribution in [-0.2, 0) is 6.54 Å². The third-order valence-corrected chi connectivity index (χ3v) is 5.19. The van der Waals surface area contributed by atoms with Crippen molar-refractivity contribution in [3.8, 4) is 5.75 Å². The van der Waals surface area contributed by atoms with E-state index in [9.17, 15) is 0 Å². The summed E-state index contributed by atoms with van der Waals surface area (Å²) in [5.41, 5.74) is 0. The molecule has 3 aromatic rings. The van der Waals surface area contributed by atoms with Gasteiger partial charge in [0, 0.05) is 22.8 Å². The van der Waals surface area contributed by atoms with Crippen LogP contribution in [0.2, 0.25) is 9.36 Å². The summed E-state index contributed by atoms with van der Waals surface area (Å²) in [7, 11) is 0. The molecule has 0 radical (unpaired) electrons. The monoisotopic (exact) mass is 365 g/mol. The summed E-state index contributed by atoms with van der Waals surface area (Å²) >= 11 is 14.0. The molecule has 3 rings (SSSR count). The van der Waals surface area contributed by atoms with Crippen LogP contribution in [0.5, 0.6) is 5.75 Å².